The van der Waals surface area contributed by atoms with Crippen LogP contribution < -0.4 is 60.7 Å². The second-order valence-electron chi connectivity index (χ2n) is 16.4. The largest absolute Gasteiger partial charge is 0.493 e. The first kappa shape index (κ1) is 50.7. The van der Waals surface area contributed by atoms with Gasteiger partial charge in [-0.05, 0) is 68.1 Å². The number of hydrogen-bond acceptors (Lipinski definition) is 18. The van der Waals surface area contributed by atoms with Gasteiger partial charge in [0, 0.05) is 41.6 Å². The number of ether oxygens (including phenoxy) is 6. The molecule has 0 bridgehead atoms. The molecule has 0 radical (unpaired) electrons. The molecule has 7 N–H and O–H groups in total. The minimum Gasteiger partial charge on any atom is -0.493 e. The molecule has 4 aromatic heterocycles. The maximum absolute atomic E-state index is 12.0. The summed E-state index contributed by atoms with van der Waals surface area (Å²) in [4.78, 5) is 51.1. The van der Waals surface area contributed by atoms with E-state index < -0.39 is 6.04 Å². The fourth-order valence-electron chi connectivity index (χ4n) is 8.39. The van der Waals surface area contributed by atoms with E-state index in [4.69, 9.17) is 61.5 Å². The van der Waals surface area contributed by atoms with Gasteiger partial charge < -0.3 is 69.9 Å². The van der Waals surface area contributed by atoms with E-state index in [1.165, 1.54) is 0 Å². The molecule has 2 aliphatic rings. The number of nitrogens with two attached hydrogens (primary N) is 2. The average Bonchev–Trinajstić information content (AvgIpc) is 4.27. The molecule has 23 heteroatoms. The number of amides is 2. The van der Waals surface area contributed by atoms with Crippen LogP contribution in [-0.2, 0) is 9.59 Å². The first-order valence-electron chi connectivity index (χ1n) is 23.0. The standard InChI is InChI=1S/C25H27N7O4.C20H18ClN5O3.C5H10N2O/c1-34-19-11-15(12-20(35-2)22(19)36-3)31-13-21(27-14-31)29-24-16-7-4-5-8-17(16)28-25(30-24)32-10-6-9-18(32)23(26)33;1-27-15-8-12(9-16(28-2)18(15)29-3)26-10-17(22-11-26)24-19-13-6-4-5-7-14(13)23-20(21)25-19;6-5(8)4-2-1-3-7-4/h4-5,7-8,11-14,18H,6,9-10H2,1-3H3,(H2,26,33)(H,28,29,30);4-11H,1-3H3,(H,23,24,25);4,7H,1-3H2,(H2,6,8)/t18-;;4-/m0.0/s1. The number of methoxy groups -OCH3 is 6. The first-order chi connectivity index (χ1) is 35.4. The Labute approximate surface area is 424 Å². The smallest absolute Gasteiger partial charge is 0.240 e. The van der Waals surface area contributed by atoms with E-state index in [-0.39, 0.29) is 23.1 Å². The third kappa shape index (κ3) is 11.5. The summed E-state index contributed by atoms with van der Waals surface area (Å²) >= 11 is 6.06. The summed E-state index contributed by atoms with van der Waals surface area (Å²) in [6.45, 7) is 1.61. The zero-order valence-electron chi connectivity index (χ0n) is 41.0. The van der Waals surface area contributed by atoms with Gasteiger partial charge in [-0.25, -0.2) is 19.9 Å². The van der Waals surface area contributed by atoms with Crippen LogP contribution in [0.5, 0.6) is 34.5 Å². The highest BCUT2D eigenvalue weighted by molar-refractivity contribution is 6.28. The van der Waals surface area contributed by atoms with Crippen LogP contribution in [0.1, 0.15) is 25.7 Å². The first-order valence-corrected chi connectivity index (χ1v) is 23.3. The van der Waals surface area contributed by atoms with Gasteiger partial charge in [-0.2, -0.15) is 9.97 Å². The lowest BCUT2D eigenvalue weighted by molar-refractivity contribution is -0.120. The fourth-order valence-corrected chi connectivity index (χ4v) is 8.57. The molecular weight excluding hydrogens is 960 g/mol. The monoisotopic (exact) mass is 1010 g/mol. The lowest BCUT2D eigenvalue weighted by Gasteiger charge is -2.23. The molecule has 2 aliphatic heterocycles. The second kappa shape index (κ2) is 23.1. The molecule has 8 aromatic rings. The van der Waals surface area contributed by atoms with Crippen molar-refractivity contribution in [2.24, 2.45) is 11.5 Å². The van der Waals surface area contributed by atoms with Crippen LogP contribution in [0, 0.1) is 0 Å². The molecule has 22 nitrogen and oxygen atoms in total. The molecule has 6 heterocycles. The molecule has 2 amide bonds. The fraction of sp³-hybridized carbons (Fsp3) is 0.280. The second-order valence-corrected chi connectivity index (χ2v) is 16.7. The number of carbonyl (C=O) groups is 2. The van der Waals surface area contributed by atoms with Crippen LogP contribution in [0.3, 0.4) is 0 Å². The van der Waals surface area contributed by atoms with E-state index in [1.807, 2.05) is 99.2 Å². The van der Waals surface area contributed by atoms with Crippen molar-refractivity contribution in [3.05, 3.63) is 103 Å². The summed E-state index contributed by atoms with van der Waals surface area (Å²) in [6, 6.07) is 22.2. The number of anilines is 5. The van der Waals surface area contributed by atoms with E-state index >= 15 is 0 Å². The molecule has 10 rings (SSSR count). The third-order valence-electron chi connectivity index (χ3n) is 12.0. The Morgan fingerprint density at radius 3 is 1.56 bits per heavy atom. The van der Waals surface area contributed by atoms with Gasteiger partial charge in [0.15, 0.2) is 23.0 Å². The lowest BCUT2D eigenvalue weighted by atomic mass is 10.2. The van der Waals surface area contributed by atoms with Crippen LogP contribution in [0.15, 0.2) is 97.8 Å². The minimum absolute atomic E-state index is 0.0463. The number of nitrogens with zero attached hydrogens (tertiary/aromatic N) is 9. The summed E-state index contributed by atoms with van der Waals surface area (Å²) in [5.41, 5.74) is 13.7. The van der Waals surface area contributed by atoms with Crippen molar-refractivity contribution in [2.75, 3.05) is 71.3 Å². The van der Waals surface area contributed by atoms with Gasteiger partial charge in [0.1, 0.15) is 42.0 Å². The molecule has 380 valence electrons. The van der Waals surface area contributed by atoms with Gasteiger partial charge in [0.05, 0.1) is 83.5 Å². The number of benzene rings is 4. The maximum Gasteiger partial charge on any atom is 0.240 e. The Bertz CT molecular complexity index is 3190. The number of aromatic nitrogens is 8. The van der Waals surface area contributed by atoms with Crippen LogP contribution in [0.25, 0.3) is 33.2 Å². The average molecular weight is 1020 g/mol. The van der Waals surface area contributed by atoms with E-state index in [0.29, 0.717) is 76.7 Å². The topological polar surface area (TPSA) is 268 Å². The Balaban J connectivity index is 0.000000172. The Morgan fingerprint density at radius 2 is 1.12 bits per heavy atom. The number of nitrogens with one attached hydrogen (secondary N) is 3. The van der Waals surface area contributed by atoms with Crippen molar-refractivity contribution in [1.82, 2.24) is 44.4 Å². The lowest BCUT2D eigenvalue weighted by Crippen LogP contribution is -2.41. The number of halogens is 1. The van der Waals surface area contributed by atoms with E-state index in [2.05, 4.69) is 35.9 Å². The van der Waals surface area contributed by atoms with Crippen molar-refractivity contribution in [2.45, 2.75) is 37.8 Å². The van der Waals surface area contributed by atoms with Crippen molar-refractivity contribution < 1.29 is 38.0 Å². The Hall–Kier alpha value is -8.63. The third-order valence-corrected chi connectivity index (χ3v) is 12.1. The van der Waals surface area contributed by atoms with Gasteiger partial charge in [-0.3, -0.25) is 9.59 Å². The number of imidazole rings is 2. The molecule has 0 spiro atoms. The van der Waals surface area contributed by atoms with Crippen molar-refractivity contribution in [3.63, 3.8) is 0 Å². The zero-order chi connectivity index (χ0) is 51.6. The summed E-state index contributed by atoms with van der Waals surface area (Å²) in [7, 11) is 9.42. The van der Waals surface area contributed by atoms with Crippen LogP contribution in [0.2, 0.25) is 5.28 Å². The highest BCUT2D eigenvalue weighted by atomic mass is 35.5. The summed E-state index contributed by atoms with van der Waals surface area (Å²) < 4.78 is 36.2. The predicted octanol–water partition coefficient (Wildman–Crippen LogP) is 6.50. The molecule has 0 saturated carbocycles. The zero-order valence-corrected chi connectivity index (χ0v) is 41.7. The van der Waals surface area contributed by atoms with Crippen molar-refractivity contribution in [3.8, 4) is 45.9 Å². The molecular formula is C50H55ClN14O8. The number of rotatable bonds is 15. The van der Waals surface area contributed by atoms with Crippen LogP contribution in [0.4, 0.5) is 29.2 Å². The molecule has 2 saturated heterocycles. The Kier molecular flexibility index (Phi) is 16.0. The number of primary amides is 2. The van der Waals surface area contributed by atoms with Gasteiger partial charge >= 0.3 is 0 Å². The predicted molar refractivity (Wildman–Crippen MR) is 277 cm³/mol. The number of para-hydroxylation sites is 2. The van der Waals surface area contributed by atoms with Gasteiger partial charge in [-0.1, -0.05) is 24.3 Å². The molecule has 2 fully saturated rings. The molecule has 0 aliphatic carbocycles. The highest BCUT2D eigenvalue weighted by Crippen LogP contribution is 2.41. The van der Waals surface area contributed by atoms with E-state index in [9.17, 15) is 9.59 Å². The van der Waals surface area contributed by atoms with E-state index in [1.54, 1.807) is 55.3 Å². The quantitative estimate of drug-likeness (QED) is 0.0686. The molecule has 2 atom stereocenters. The molecule has 73 heavy (non-hydrogen) atoms. The van der Waals surface area contributed by atoms with Crippen molar-refractivity contribution in [1.29, 1.82) is 0 Å². The minimum atomic E-state index is -0.418. The normalized spacial score (nSPS) is 14.9. The Morgan fingerprint density at radius 1 is 0.630 bits per heavy atom. The van der Waals surface area contributed by atoms with Gasteiger partial charge in [-0.15, -0.1) is 0 Å². The van der Waals surface area contributed by atoms with Gasteiger partial charge in [0.25, 0.3) is 0 Å². The van der Waals surface area contributed by atoms with Crippen LogP contribution >= 0.6 is 11.6 Å². The molecule has 4 aromatic carbocycles. The van der Waals surface area contributed by atoms with Crippen LogP contribution in [-0.4, -0.2) is 119 Å². The number of fused-ring (bicyclic) bond motifs is 2. The van der Waals surface area contributed by atoms with Crippen molar-refractivity contribution >= 4 is 74.4 Å². The highest BCUT2D eigenvalue weighted by Gasteiger charge is 2.31. The summed E-state index contributed by atoms with van der Waals surface area (Å²) in [6.07, 6.45) is 10.5. The number of carbonyl (C=O) groups excluding carboxylic acids is 2. The maximum atomic E-state index is 12.0. The summed E-state index contributed by atoms with van der Waals surface area (Å²) in [5, 5.41) is 11.3. The number of hydrogen-bond donors (Lipinski definition) is 5. The van der Waals surface area contributed by atoms with Gasteiger partial charge in [0.2, 0.25) is 34.5 Å². The van der Waals surface area contributed by atoms with E-state index in [0.717, 1.165) is 59.0 Å². The molecule has 0 unspecified atom stereocenters. The summed E-state index contributed by atoms with van der Waals surface area (Å²) in [5.74, 6) is 5.43. The SMILES string of the molecule is COc1cc(-n2cnc(Nc3nc(Cl)nc4ccccc34)c2)cc(OC)c1OC.COc1cc(-n2cnc(Nc3nc(N4CCC[C@H]4C(N)=O)nc4ccccc34)c2)cc(OC)c1OC.NC(=O)[C@@H]1CCCN1.